The summed E-state index contributed by atoms with van der Waals surface area (Å²) in [7, 11) is 0. The molecular weight excluding hydrogens is 298 g/mol. The molecule has 0 aliphatic rings. The average molecular weight is 321 g/mol. The Balaban J connectivity index is 2.90. The van der Waals surface area contributed by atoms with Gasteiger partial charge >= 0.3 is 5.97 Å². The molecule has 7 nitrogen and oxygen atoms in total. The summed E-state index contributed by atoms with van der Waals surface area (Å²) in [5.74, 6) is -2.08. The van der Waals surface area contributed by atoms with Gasteiger partial charge in [0.05, 0.1) is 0 Å². The highest BCUT2D eigenvalue weighted by Crippen LogP contribution is 2.16. The maximum Gasteiger partial charge on any atom is 0.325 e. The fraction of sp³-hybridized carbons (Fsp3) is 0.500. The summed E-state index contributed by atoms with van der Waals surface area (Å²) in [6, 6.07) is 1.24. The van der Waals surface area contributed by atoms with Crippen LogP contribution in [0.2, 0.25) is 0 Å². The molecule has 1 heterocycles. The van der Waals surface area contributed by atoms with Gasteiger partial charge in [0.2, 0.25) is 5.91 Å². The van der Waals surface area contributed by atoms with E-state index in [1.165, 1.54) is 19.3 Å². The van der Waals surface area contributed by atoms with Gasteiger partial charge in [-0.3, -0.25) is 19.4 Å². The zero-order valence-corrected chi connectivity index (χ0v) is 13.7. The molecule has 2 amide bonds. The van der Waals surface area contributed by atoms with Gasteiger partial charge < -0.3 is 15.7 Å². The molecule has 7 heteroatoms. The second-order valence-corrected chi connectivity index (χ2v) is 5.86. The number of amides is 2. The third kappa shape index (κ3) is 5.36. The number of hydrogen-bond acceptors (Lipinski definition) is 4. The van der Waals surface area contributed by atoms with E-state index in [-0.39, 0.29) is 11.8 Å². The van der Waals surface area contributed by atoms with Gasteiger partial charge in [0, 0.05) is 18.0 Å². The Bertz CT molecular complexity index is 560. The number of aliphatic carboxylic acids is 1. The van der Waals surface area contributed by atoms with Crippen molar-refractivity contribution in [3.05, 3.63) is 30.1 Å². The quantitative estimate of drug-likeness (QED) is 0.696. The van der Waals surface area contributed by atoms with E-state index in [1.54, 1.807) is 12.1 Å². The minimum Gasteiger partial charge on any atom is -0.480 e. The van der Waals surface area contributed by atoms with Crippen LogP contribution in [0.5, 0.6) is 0 Å². The van der Waals surface area contributed by atoms with Crippen molar-refractivity contribution in [1.29, 1.82) is 0 Å². The molecule has 0 saturated carbocycles. The maximum absolute atomic E-state index is 12.4. The standard InChI is InChI=1S/C16H23N3O4/c1-9(2)10(3)13(15(21)18-11(4)16(22)23)19-14(20)12-5-7-17-8-6-12/h5-11,13H,1-4H3,(H,18,21)(H,19,20)(H,22,23). The van der Waals surface area contributed by atoms with Crippen molar-refractivity contribution < 1.29 is 19.5 Å². The number of carboxylic acid groups (broad SMARTS) is 1. The van der Waals surface area contributed by atoms with E-state index >= 15 is 0 Å². The summed E-state index contributed by atoms with van der Waals surface area (Å²) in [6.45, 7) is 7.09. The molecule has 1 aromatic rings. The topological polar surface area (TPSA) is 108 Å². The molecule has 1 rings (SSSR count). The molecule has 0 bridgehead atoms. The van der Waals surface area contributed by atoms with Crippen molar-refractivity contribution in [2.75, 3.05) is 0 Å². The molecule has 0 fully saturated rings. The summed E-state index contributed by atoms with van der Waals surface area (Å²) < 4.78 is 0. The number of rotatable bonds is 7. The van der Waals surface area contributed by atoms with Gasteiger partial charge in [-0.25, -0.2) is 0 Å². The first-order valence-corrected chi connectivity index (χ1v) is 7.48. The monoisotopic (exact) mass is 321 g/mol. The van der Waals surface area contributed by atoms with Crippen molar-refractivity contribution >= 4 is 17.8 Å². The molecule has 0 aliphatic heterocycles. The average Bonchev–Trinajstić information content (AvgIpc) is 2.52. The van der Waals surface area contributed by atoms with Gasteiger partial charge in [-0.1, -0.05) is 20.8 Å². The highest BCUT2D eigenvalue weighted by molar-refractivity contribution is 5.98. The van der Waals surface area contributed by atoms with Gasteiger partial charge in [-0.2, -0.15) is 0 Å². The SMILES string of the molecule is CC(NC(=O)C(NC(=O)c1ccncc1)C(C)C(C)C)C(=O)O. The lowest BCUT2D eigenvalue weighted by Crippen LogP contribution is -2.54. The van der Waals surface area contributed by atoms with Gasteiger partial charge in [-0.15, -0.1) is 0 Å². The van der Waals surface area contributed by atoms with E-state index in [0.29, 0.717) is 5.56 Å². The zero-order valence-electron chi connectivity index (χ0n) is 13.7. The number of carbonyl (C=O) groups excluding carboxylic acids is 2. The number of carbonyl (C=O) groups is 3. The van der Waals surface area contributed by atoms with Crippen LogP contribution < -0.4 is 10.6 Å². The van der Waals surface area contributed by atoms with Crippen molar-refractivity contribution in [1.82, 2.24) is 15.6 Å². The van der Waals surface area contributed by atoms with Crippen LogP contribution in [0.3, 0.4) is 0 Å². The third-order valence-electron chi connectivity index (χ3n) is 3.82. The van der Waals surface area contributed by atoms with Crippen LogP contribution in [0.4, 0.5) is 0 Å². The minimum atomic E-state index is -1.13. The van der Waals surface area contributed by atoms with Crippen molar-refractivity contribution in [2.45, 2.75) is 39.8 Å². The molecule has 0 spiro atoms. The molecule has 0 radical (unpaired) electrons. The molecule has 3 unspecified atom stereocenters. The number of hydrogen-bond donors (Lipinski definition) is 3. The Hall–Kier alpha value is -2.44. The van der Waals surface area contributed by atoms with E-state index in [9.17, 15) is 14.4 Å². The van der Waals surface area contributed by atoms with Gasteiger partial charge in [0.15, 0.2) is 0 Å². The third-order valence-corrected chi connectivity index (χ3v) is 3.82. The van der Waals surface area contributed by atoms with E-state index in [1.807, 2.05) is 20.8 Å². The minimum absolute atomic E-state index is 0.128. The predicted molar refractivity (Wildman–Crippen MR) is 84.7 cm³/mol. The summed E-state index contributed by atoms with van der Waals surface area (Å²) in [5, 5.41) is 14.0. The molecule has 3 N–H and O–H groups in total. The lowest BCUT2D eigenvalue weighted by atomic mass is 9.89. The molecular formula is C16H23N3O4. The van der Waals surface area contributed by atoms with Crippen LogP contribution in [0.25, 0.3) is 0 Å². The highest BCUT2D eigenvalue weighted by Gasteiger charge is 2.30. The largest absolute Gasteiger partial charge is 0.480 e. The molecule has 3 atom stereocenters. The van der Waals surface area contributed by atoms with Crippen LogP contribution in [-0.2, 0) is 9.59 Å². The number of nitrogens with zero attached hydrogens (tertiary/aromatic N) is 1. The number of aromatic nitrogens is 1. The normalized spacial score (nSPS) is 14.7. The van der Waals surface area contributed by atoms with Crippen molar-refractivity contribution in [2.24, 2.45) is 11.8 Å². The first-order valence-electron chi connectivity index (χ1n) is 7.48. The Morgan fingerprint density at radius 1 is 1.04 bits per heavy atom. The lowest BCUT2D eigenvalue weighted by Gasteiger charge is -2.27. The molecule has 0 aliphatic carbocycles. The fourth-order valence-corrected chi connectivity index (χ4v) is 1.91. The Kier molecular flexibility index (Phi) is 6.68. The molecule has 1 aromatic heterocycles. The van der Waals surface area contributed by atoms with E-state index in [2.05, 4.69) is 15.6 Å². The summed E-state index contributed by atoms with van der Waals surface area (Å²) in [6.07, 6.45) is 2.98. The summed E-state index contributed by atoms with van der Waals surface area (Å²) in [5.41, 5.74) is 0.389. The number of pyridine rings is 1. The van der Waals surface area contributed by atoms with Gasteiger partial charge in [0.25, 0.3) is 5.91 Å². The first kappa shape index (κ1) is 18.6. The van der Waals surface area contributed by atoms with E-state index in [4.69, 9.17) is 5.11 Å². The van der Waals surface area contributed by atoms with Crippen LogP contribution in [0.15, 0.2) is 24.5 Å². The van der Waals surface area contributed by atoms with E-state index in [0.717, 1.165) is 0 Å². The smallest absolute Gasteiger partial charge is 0.325 e. The lowest BCUT2D eigenvalue weighted by molar-refractivity contribution is -0.141. The van der Waals surface area contributed by atoms with E-state index < -0.39 is 29.9 Å². The zero-order chi connectivity index (χ0) is 17.6. The Morgan fingerprint density at radius 3 is 2.09 bits per heavy atom. The second kappa shape index (κ2) is 8.26. The fourth-order valence-electron chi connectivity index (χ4n) is 1.91. The highest BCUT2D eigenvalue weighted by atomic mass is 16.4. The molecule has 0 aromatic carbocycles. The number of carboxylic acids is 1. The van der Waals surface area contributed by atoms with Crippen LogP contribution in [0, 0.1) is 11.8 Å². The summed E-state index contributed by atoms with van der Waals surface area (Å²) >= 11 is 0. The van der Waals surface area contributed by atoms with Crippen molar-refractivity contribution in [3.8, 4) is 0 Å². The second-order valence-electron chi connectivity index (χ2n) is 5.86. The van der Waals surface area contributed by atoms with Gasteiger partial charge in [-0.05, 0) is 30.9 Å². The predicted octanol–water partition coefficient (Wildman–Crippen LogP) is 1.06. The van der Waals surface area contributed by atoms with Crippen LogP contribution in [-0.4, -0.2) is 40.0 Å². The molecule has 0 saturated heterocycles. The summed E-state index contributed by atoms with van der Waals surface area (Å²) in [4.78, 5) is 39.4. The number of nitrogens with one attached hydrogen (secondary N) is 2. The Labute approximate surface area is 135 Å². The van der Waals surface area contributed by atoms with Gasteiger partial charge in [0.1, 0.15) is 12.1 Å². The first-order chi connectivity index (χ1) is 10.7. The van der Waals surface area contributed by atoms with Crippen molar-refractivity contribution in [3.63, 3.8) is 0 Å². The van der Waals surface area contributed by atoms with Crippen LogP contribution >= 0.6 is 0 Å². The van der Waals surface area contributed by atoms with Crippen LogP contribution in [0.1, 0.15) is 38.1 Å². The Morgan fingerprint density at radius 2 is 1.61 bits per heavy atom. The maximum atomic E-state index is 12.4. The molecule has 23 heavy (non-hydrogen) atoms. The molecule has 126 valence electrons.